The van der Waals surface area contributed by atoms with E-state index in [1.807, 2.05) is 0 Å². The van der Waals surface area contributed by atoms with Gasteiger partial charge in [0.2, 0.25) is 7.45 Å². The zero-order chi connectivity index (χ0) is 13.3. The fraction of sp³-hybridized carbons (Fsp3) is 0.300. The van der Waals surface area contributed by atoms with Crippen molar-refractivity contribution in [2.45, 2.75) is 8.59 Å². The number of alkyl halides is 2. The highest BCUT2D eigenvalue weighted by molar-refractivity contribution is 14.1. The molecule has 17 heavy (non-hydrogen) atoms. The number of hydrogen-bond donors (Lipinski definition) is 1. The van der Waals surface area contributed by atoms with Gasteiger partial charge in [0.05, 0.1) is 5.75 Å². The molecule has 0 amide bonds. The average molecular weight is 432 g/mol. The molecule has 0 aliphatic carbocycles. The number of halogens is 2. The van der Waals surface area contributed by atoms with Crippen molar-refractivity contribution in [2.75, 3.05) is 11.5 Å². The summed E-state index contributed by atoms with van der Waals surface area (Å²) in [5, 5.41) is 0. The van der Waals surface area contributed by atoms with Crippen LogP contribution in [0.3, 0.4) is 0 Å². The van der Waals surface area contributed by atoms with E-state index in [-0.39, 0.29) is 5.75 Å². The molecule has 0 saturated heterocycles. The fourth-order valence-electron chi connectivity index (χ4n) is 1.13. The zero-order valence-corrected chi connectivity index (χ0v) is 13.5. The number of hydrogen-bond acceptors (Lipinski definition) is 4. The second-order valence-corrected chi connectivity index (χ2v) is 11.3. The Bertz CT molecular complexity index is 525. The molecule has 0 aromatic heterocycles. The van der Waals surface area contributed by atoms with Crippen LogP contribution in [-0.2, 0) is 9.84 Å². The highest BCUT2D eigenvalue weighted by Gasteiger charge is 2.45. The Morgan fingerprint density at radius 1 is 1.41 bits per heavy atom. The lowest BCUT2D eigenvalue weighted by molar-refractivity contribution is 0.101. The van der Waals surface area contributed by atoms with Crippen molar-refractivity contribution in [2.24, 2.45) is 0 Å². The number of nitrogen functional groups attached to an aromatic ring is 1. The number of ketones is 1. The van der Waals surface area contributed by atoms with Crippen molar-refractivity contribution >= 4 is 59.8 Å². The number of nitrogens with two attached hydrogens (primary N) is 1. The molecule has 0 saturated carbocycles. The predicted octanol–water partition coefficient (Wildman–Crippen LogP) is 2.37. The number of rotatable bonds is 4. The van der Waals surface area contributed by atoms with Crippen molar-refractivity contribution in [1.82, 2.24) is 0 Å². The topological polar surface area (TPSA) is 77.2 Å². The lowest BCUT2D eigenvalue weighted by atomic mass is 10.1. The Labute approximate surface area is 122 Å². The van der Waals surface area contributed by atoms with Gasteiger partial charge in [0.1, 0.15) is 0 Å². The van der Waals surface area contributed by atoms with Gasteiger partial charge in [0.15, 0.2) is 9.84 Å². The first-order valence-corrected chi connectivity index (χ1v) is 8.25. The van der Waals surface area contributed by atoms with E-state index in [0.717, 1.165) is 0 Å². The quantitative estimate of drug-likeness (QED) is 0.343. The average Bonchev–Trinajstić information content (AvgIpc) is 2.28. The summed E-state index contributed by atoms with van der Waals surface area (Å²) in [6, 6.07) is 6.14. The van der Waals surface area contributed by atoms with Crippen molar-refractivity contribution in [3.8, 4) is 0 Å². The Kier molecular flexibility index (Phi) is 4.59. The second kappa shape index (κ2) is 5.23. The van der Waals surface area contributed by atoms with E-state index in [2.05, 4.69) is 15.9 Å². The number of carbonyl (C=O) groups excluding carboxylic acids is 1. The molecule has 2 N–H and O–H groups in total. The minimum absolute atomic E-state index is 0.109. The van der Waals surface area contributed by atoms with Crippen LogP contribution in [0.5, 0.6) is 0 Å². The molecular weight excluding hydrogens is 421 g/mol. The van der Waals surface area contributed by atoms with Gasteiger partial charge in [-0.1, -0.05) is 6.92 Å². The van der Waals surface area contributed by atoms with Gasteiger partial charge < -0.3 is 5.73 Å². The summed E-state index contributed by atoms with van der Waals surface area (Å²) >= 11 is 4.61. The monoisotopic (exact) mass is 431 g/mol. The van der Waals surface area contributed by atoms with Crippen LogP contribution in [0.25, 0.3) is 0 Å². The Balaban J connectivity index is 3.18. The normalized spacial score (nSPS) is 15.2. The van der Waals surface area contributed by atoms with Crippen molar-refractivity contribution in [3.05, 3.63) is 29.8 Å². The number of Topliss-reactive ketones (excluding diaryl/α,β-unsaturated/α-hetero) is 1. The van der Waals surface area contributed by atoms with Gasteiger partial charge >= 0.3 is 0 Å². The molecule has 0 radical (unpaired) electrons. The second-order valence-electron chi connectivity index (χ2n) is 3.37. The first-order chi connectivity index (χ1) is 7.72. The molecule has 0 aliphatic heterocycles. The number of carbonyl (C=O) groups is 1. The first kappa shape index (κ1) is 14.9. The third-order valence-electron chi connectivity index (χ3n) is 2.21. The first-order valence-electron chi connectivity index (χ1n) is 4.73. The molecule has 1 unspecified atom stereocenters. The summed E-state index contributed by atoms with van der Waals surface area (Å²) < 4.78 is 22.0. The van der Waals surface area contributed by atoms with E-state index < -0.39 is 17.3 Å². The minimum atomic E-state index is -3.53. The summed E-state index contributed by atoms with van der Waals surface area (Å²) in [6.45, 7) is 1.50. The van der Waals surface area contributed by atoms with Crippen molar-refractivity contribution in [1.29, 1.82) is 0 Å². The van der Waals surface area contributed by atoms with Gasteiger partial charge in [-0.3, -0.25) is 4.79 Å². The van der Waals surface area contributed by atoms with Crippen LogP contribution in [0.4, 0.5) is 5.69 Å². The van der Waals surface area contributed by atoms with Gasteiger partial charge in [-0.2, -0.15) is 0 Å². The third kappa shape index (κ3) is 3.00. The standard InChI is InChI=1S/C10H11BrINO3S/c1-2-17(15,16)10(11,12)9(14)7-3-5-8(13)6-4-7/h3-6H,2,13H2,1H3. The predicted molar refractivity (Wildman–Crippen MR) is 80.3 cm³/mol. The Morgan fingerprint density at radius 3 is 2.29 bits per heavy atom. The maximum atomic E-state index is 12.1. The molecule has 1 aromatic carbocycles. The SMILES string of the molecule is CCS(=O)(=O)C(Br)(I)C(=O)c1ccc(N)cc1. The fourth-order valence-corrected chi connectivity index (χ4v) is 4.05. The number of benzene rings is 1. The van der Waals surface area contributed by atoms with E-state index in [1.165, 1.54) is 19.1 Å². The van der Waals surface area contributed by atoms with Crippen LogP contribution in [0.1, 0.15) is 17.3 Å². The van der Waals surface area contributed by atoms with Crippen LogP contribution in [0, 0.1) is 0 Å². The molecule has 4 nitrogen and oxygen atoms in total. The smallest absolute Gasteiger partial charge is 0.239 e. The molecule has 7 heteroatoms. The molecule has 0 spiro atoms. The lowest BCUT2D eigenvalue weighted by Crippen LogP contribution is -2.35. The molecule has 1 rings (SSSR count). The summed E-state index contributed by atoms with van der Waals surface area (Å²) in [5.74, 6) is -0.609. The van der Waals surface area contributed by atoms with E-state index in [9.17, 15) is 13.2 Å². The molecule has 0 bridgehead atoms. The van der Waals surface area contributed by atoms with Gasteiger partial charge in [-0.05, 0) is 62.8 Å². The number of anilines is 1. The van der Waals surface area contributed by atoms with Crippen LogP contribution < -0.4 is 5.73 Å². The number of sulfone groups is 1. The van der Waals surface area contributed by atoms with E-state index in [0.29, 0.717) is 11.3 Å². The summed E-state index contributed by atoms with van der Waals surface area (Å²) in [6.07, 6.45) is 0. The van der Waals surface area contributed by atoms with Gasteiger partial charge in [0.25, 0.3) is 0 Å². The van der Waals surface area contributed by atoms with Crippen LogP contribution in [0.2, 0.25) is 0 Å². The maximum absolute atomic E-state index is 12.1. The van der Waals surface area contributed by atoms with Gasteiger partial charge in [0, 0.05) is 11.3 Å². The van der Waals surface area contributed by atoms with Crippen LogP contribution >= 0.6 is 38.5 Å². The lowest BCUT2D eigenvalue weighted by Gasteiger charge is -2.18. The van der Waals surface area contributed by atoms with E-state index in [1.54, 1.807) is 34.7 Å². The molecule has 0 fully saturated rings. The molecule has 1 aromatic rings. The van der Waals surface area contributed by atoms with Gasteiger partial charge in [-0.25, -0.2) is 8.42 Å². The van der Waals surface area contributed by atoms with E-state index in [4.69, 9.17) is 5.73 Å². The third-order valence-corrected chi connectivity index (χ3v) is 8.28. The van der Waals surface area contributed by atoms with E-state index >= 15 is 0 Å². The van der Waals surface area contributed by atoms with Crippen molar-refractivity contribution < 1.29 is 13.2 Å². The molecular formula is C10H11BrINO3S. The van der Waals surface area contributed by atoms with Crippen molar-refractivity contribution in [3.63, 3.8) is 0 Å². The van der Waals surface area contributed by atoms with Crippen LogP contribution in [-0.4, -0.2) is 21.6 Å². The van der Waals surface area contributed by atoms with Crippen LogP contribution in [0.15, 0.2) is 24.3 Å². The molecule has 0 aliphatic rings. The Hall–Kier alpha value is -0.150. The highest BCUT2D eigenvalue weighted by atomic mass is 127. The molecule has 0 heterocycles. The highest BCUT2D eigenvalue weighted by Crippen LogP contribution is 2.37. The summed E-state index contributed by atoms with van der Waals surface area (Å²) in [4.78, 5) is 12.1. The molecule has 1 atom stereocenters. The zero-order valence-electron chi connectivity index (χ0n) is 8.98. The maximum Gasteiger partial charge on any atom is 0.239 e. The Morgan fingerprint density at radius 2 is 1.88 bits per heavy atom. The van der Waals surface area contributed by atoms with Gasteiger partial charge in [-0.15, -0.1) is 0 Å². The molecule has 94 valence electrons. The minimum Gasteiger partial charge on any atom is -0.399 e. The largest absolute Gasteiger partial charge is 0.399 e. The summed E-state index contributed by atoms with van der Waals surface area (Å²) in [7, 11) is -3.53. The summed E-state index contributed by atoms with van der Waals surface area (Å²) in [5.41, 5.74) is 6.33.